The Morgan fingerprint density at radius 3 is 2.61 bits per heavy atom. The summed E-state index contributed by atoms with van der Waals surface area (Å²) in [7, 11) is 0. The monoisotopic (exact) mass is 271 g/mol. The summed E-state index contributed by atoms with van der Waals surface area (Å²) in [4.78, 5) is 21.8. The van der Waals surface area contributed by atoms with Gasteiger partial charge in [-0.1, -0.05) is 17.7 Å². The van der Waals surface area contributed by atoms with Crippen LogP contribution in [0, 0.1) is 5.82 Å². The molecule has 1 aromatic carbocycles. The van der Waals surface area contributed by atoms with Gasteiger partial charge in [0.05, 0.1) is 5.54 Å². The maximum atomic E-state index is 13.7. The first kappa shape index (κ1) is 12.8. The van der Waals surface area contributed by atoms with E-state index in [9.17, 15) is 14.0 Å². The molecule has 1 fully saturated rings. The van der Waals surface area contributed by atoms with Crippen molar-refractivity contribution in [1.29, 1.82) is 0 Å². The van der Waals surface area contributed by atoms with Gasteiger partial charge in [0, 0.05) is 10.6 Å². The molecule has 1 aromatic rings. The molecule has 0 unspecified atom stereocenters. The fourth-order valence-electron chi connectivity index (χ4n) is 1.91. The Bertz CT molecular complexity index is 514. The zero-order chi connectivity index (χ0) is 13.3. The molecule has 0 saturated heterocycles. The molecule has 0 bridgehead atoms. The van der Waals surface area contributed by atoms with E-state index in [-0.39, 0.29) is 5.02 Å². The molecule has 1 saturated carbocycles. The molecule has 6 heteroatoms. The van der Waals surface area contributed by atoms with Crippen LogP contribution in [-0.2, 0) is 15.1 Å². The van der Waals surface area contributed by atoms with Crippen molar-refractivity contribution < 1.29 is 19.1 Å². The summed E-state index contributed by atoms with van der Waals surface area (Å²) in [6.07, 6.45) is 0.574. The fraction of sp³-hybridized carbons (Fsp3) is 0.333. The number of rotatable bonds is 4. The van der Waals surface area contributed by atoms with Crippen molar-refractivity contribution in [3.63, 3.8) is 0 Å². The molecule has 0 radical (unpaired) electrons. The van der Waals surface area contributed by atoms with Gasteiger partial charge >= 0.3 is 5.97 Å². The van der Waals surface area contributed by atoms with Gasteiger partial charge in [-0.25, -0.2) is 4.39 Å². The number of nitrogens with one attached hydrogen (secondary N) is 1. The molecule has 0 aliphatic heterocycles. The third-order valence-corrected chi connectivity index (χ3v) is 3.12. The highest BCUT2D eigenvalue weighted by Gasteiger charge is 2.47. The second-order valence-electron chi connectivity index (χ2n) is 4.32. The van der Waals surface area contributed by atoms with Crippen molar-refractivity contribution in [2.45, 2.75) is 24.8 Å². The lowest BCUT2D eigenvalue weighted by molar-refractivity contribution is -0.140. The van der Waals surface area contributed by atoms with Gasteiger partial charge in [-0.2, -0.15) is 0 Å². The van der Waals surface area contributed by atoms with E-state index in [1.807, 2.05) is 0 Å². The van der Waals surface area contributed by atoms with Crippen LogP contribution in [0.15, 0.2) is 18.2 Å². The highest BCUT2D eigenvalue weighted by atomic mass is 35.5. The number of carbonyl (C=O) groups is 2. The normalized spacial score (nSPS) is 16.1. The molecule has 1 aliphatic rings. The van der Waals surface area contributed by atoms with Crippen LogP contribution in [0.5, 0.6) is 0 Å². The standard InChI is InChI=1S/C12H11ClFNO3/c13-7-1-2-8(9(14)5-7)12(3-4-12)15-10(16)6-11(17)18/h1-2,5H,3-4,6H2,(H,15,16)(H,17,18). The minimum atomic E-state index is -1.21. The molecule has 96 valence electrons. The maximum Gasteiger partial charge on any atom is 0.312 e. The van der Waals surface area contributed by atoms with Crippen LogP contribution >= 0.6 is 11.6 Å². The maximum absolute atomic E-state index is 13.7. The first-order valence-corrected chi connectivity index (χ1v) is 5.79. The van der Waals surface area contributed by atoms with Gasteiger partial charge in [0.1, 0.15) is 12.2 Å². The lowest BCUT2D eigenvalue weighted by Crippen LogP contribution is -2.36. The molecule has 0 aromatic heterocycles. The SMILES string of the molecule is O=C(O)CC(=O)NC1(c2ccc(Cl)cc2F)CC1. The first-order chi connectivity index (χ1) is 8.43. The van der Waals surface area contributed by atoms with E-state index in [2.05, 4.69) is 5.32 Å². The summed E-state index contributed by atoms with van der Waals surface area (Å²) in [6.45, 7) is 0. The van der Waals surface area contributed by atoms with E-state index in [0.717, 1.165) is 0 Å². The minimum Gasteiger partial charge on any atom is -0.481 e. The summed E-state index contributed by atoms with van der Waals surface area (Å²) in [5.74, 6) is -2.31. The molecule has 0 spiro atoms. The predicted octanol–water partition coefficient (Wildman–Crippen LogP) is 2.06. The second kappa shape index (κ2) is 4.57. The molecule has 1 aliphatic carbocycles. The predicted molar refractivity (Wildman–Crippen MR) is 62.7 cm³/mol. The average molecular weight is 272 g/mol. The third kappa shape index (κ3) is 2.61. The van der Waals surface area contributed by atoms with Crippen molar-refractivity contribution in [3.8, 4) is 0 Å². The van der Waals surface area contributed by atoms with Crippen LogP contribution in [0.2, 0.25) is 5.02 Å². The number of benzene rings is 1. The van der Waals surface area contributed by atoms with Crippen molar-refractivity contribution >= 4 is 23.5 Å². The van der Waals surface area contributed by atoms with Gasteiger partial charge < -0.3 is 10.4 Å². The Labute approximate surface area is 108 Å². The summed E-state index contributed by atoms with van der Waals surface area (Å²) in [5, 5.41) is 11.4. The molecular weight excluding hydrogens is 261 g/mol. The molecule has 18 heavy (non-hydrogen) atoms. The smallest absolute Gasteiger partial charge is 0.312 e. The molecule has 0 atom stereocenters. The Morgan fingerprint density at radius 1 is 1.44 bits per heavy atom. The number of carboxylic acid groups (broad SMARTS) is 1. The van der Waals surface area contributed by atoms with Crippen LogP contribution in [0.25, 0.3) is 0 Å². The largest absolute Gasteiger partial charge is 0.481 e. The minimum absolute atomic E-state index is 0.281. The van der Waals surface area contributed by atoms with E-state index >= 15 is 0 Å². The molecule has 2 N–H and O–H groups in total. The second-order valence-corrected chi connectivity index (χ2v) is 4.76. The Balaban J connectivity index is 2.16. The lowest BCUT2D eigenvalue weighted by Gasteiger charge is -2.18. The number of hydrogen-bond acceptors (Lipinski definition) is 2. The summed E-state index contributed by atoms with van der Waals surface area (Å²) in [5.41, 5.74) is -0.410. The average Bonchev–Trinajstić information content (AvgIpc) is 2.96. The molecule has 2 rings (SSSR count). The summed E-state index contributed by atoms with van der Waals surface area (Å²) in [6, 6.07) is 4.25. The molecular formula is C12H11ClFNO3. The zero-order valence-corrected chi connectivity index (χ0v) is 10.1. The van der Waals surface area contributed by atoms with Gasteiger partial charge in [0.15, 0.2) is 0 Å². The van der Waals surface area contributed by atoms with E-state index < -0.39 is 29.7 Å². The highest BCUT2D eigenvalue weighted by Crippen LogP contribution is 2.46. The quantitative estimate of drug-likeness (QED) is 0.824. The topological polar surface area (TPSA) is 66.4 Å². The number of amides is 1. The van der Waals surface area contributed by atoms with Crippen LogP contribution in [0.4, 0.5) is 4.39 Å². The van der Waals surface area contributed by atoms with Crippen LogP contribution in [0.3, 0.4) is 0 Å². The van der Waals surface area contributed by atoms with Crippen molar-refractivity contribution in [2.24, 2.45) is 0 Å². The first-order valence-electron chi connectivity index (χ1n) is 5.41. The number of hydrogen-bond donors (Lipinski definition) is 2. The summed E-state index contributed by atoms with van der Waals surface area (Å²) < 4.78 is 13.7. The summed E-state index contributed by atoms with van der Waals surface area (Å²) >= 11 is 5.66. The zero-order valence-electron chi connectivity index (χ0n) is 9.37. The molecule has 0 heterocycles. The van der Waals surface area contributed by atoms with Gasteiger partial charge in [-0.15, -0.1) is 0 Å². The fourth-order valence-corrected chi connectivity index (χ4v) is 2.07. The number of carbonyl (C=O) groups excluding carboxylic acids is 1. The van der Waals surface area contributed by atoms with Gasteiger partial charge in [-0.05, 0) is 25.0 Å². The van der Waals surface area contributed by atoms with Crippen molar-refractivity contribution in [3.05, 3.63) is 34.6 Å². The number of halogens is 2. The lowest BCUT2D eigenvalue weighted by atomic mass is 10.0. The third-order valence-electron chi connectivity index (χ3n) is 2.89. The Hall–Kier alpha value is -1.62. The van der Waals surface area contributed by atoms with E-state index in [1.54, 1.807) is 6.07 Å². The van der Waals surface area contributed by atoms with Crippen LogP contribution < -0.4 is 5.32 Å². The highest BCUT2D eigenvalue weighted by molar-refractivity contribution is 6.30. The van der Waals surface area contributed by atoms with E-state index in [0.29, 0.717) is 18.4 Å². The number of carboxylic acids is 1. The Morgan fingerprint density at radius 2 is 2.11 bits per heavy atom. The Kier molecular flexibility index (Phi) is 3.26. The van der Waals surface area contributed by atoms with Gasteiger partial charge in [0.25, 0.3) is 0 Å². The number of aliphatic carboxylic acids is 1. The van der Waals surface area contributed by atoms with Crippen molar-refractivity contribution in [1.82, 2.24) is 5.32 Å². The van der Waals surface area contributed by atoms with Crippen molar-refractivity contribution in [2.75, 3.05) is 0 Å². The van der Waals surface area contributed by atoms with E-state index in [1.165, 1.54) is 12.1 Å². The van der Waals surface area contributed by atoms with Gasteiger partial charge in [0.2, 0.25) is 5.91 Å². The molecule has 1 amide bonds. The van der Waals surface area contributed by atoms with E-state index in [4.69, 9.17) is 16.7 Å². The van der Waals surface area contributed by atoms with Gasteiger partial charge in [-0.3, -0.25) is 9.59 Å². The van der Waals surface area contributed by atoms with Crippen LogP contribution in [-0.4, -0.2) is 17.0 Å². The van der Waals surface area contributed by atoms with Crippen LogP contribution in [0.1, 0.15) is 24.8 Å². The molecule has 4 nitrogen and oxygen atoms in total.